The minimum atomic E-state index is -0.362. The molecule has 1 fully saturated rings. The molecular formula is C19H21N3O3. The highest BCUT2D eigenvalue weighted by Crippen LogP contribution is 2.23. The second kappa shape index (κ2) is 7.25. The maximum absolute atomic E-state index is 12.4. The molecule has 1 heterocycles. The Labute approximate surface area is 147 Å². The lowest BCUT2D eigenvalue weighted by atomic mass is 10.1. The number of nitrogens with one attached hydrogen (secondary N) is 1. The zero-order valence-corrected chi connectivity index (χ0v) is 14.4. The van der Waals surface area contributed by atoms with E-state index in [1.807, 2.05) is 25.2 Å². The third-order valence-corrected chi connectivity index (χ3v) is 4.22. The molecule has 6 heteroatoms. The van der Waals surface area contributed by atoms with Crippen molar-refractivity contribution in [3.05, 3.63) is 54.1 Å². The van der Waals surface area contributed by atoms with E-state index in [-0.39, 0.29) is 12.0 Å². The van der Waals surface area contributed by atoms with Crippen LogP contribution in [-0.4, -0.2) is 38.7 Å². The summed E-state index contributed by atoms with van der Waals surface area (Å²) in [6.07, 6.45) is -0.362. The third kappa shape index (κ3) is 3.74. The summed E-state index contributed by atoms with van der Waals surface area (Å²) in [5.74, 6) is -0.188. The molecule has 130 valence electrons. The topological polar surface area (TPSA) is 61.9 Å². The number of rotatable bonds is 5. The van der Waals surface area contributed by atoms with Crippen LogP contribution in [0.4, 0.5) is 21.9 Å². The molecule has 1 saturated heterocycles. The number of cyclic esters (lactones) is 1. The van der Waals surface area contributed by atoms with Crippen molar-refractivity contribution in [1.29, 1.82) is 0 Å². The number of hydrogen-bond donors (Lipinski definition) is 1. The van der Waals surface area contributed by atoms with Gasteiger partial charge in [0, 0.05) is 36.2 Å². The third-order valence-electron chi connectivity index (χ3n) is 4.22. The molecule has 0 atom stereocenters. The normalized spacial score (nSPS) is 13.5. The first-order valence-electron chi connectivity index (χ1n) is 8.25. The Morgan fingerprint density at radius 2 is 2.00 bits per heavy atom. The van der Waals surface area contributed by atoms with E-state index in [1.165, 1.54) is 0 Å². The number of carbonyl (C=O) groups excluding carboxylic acids is 2. The average molecular weight is 339 g/mol. The van der Waals surface area contributed by atoms with Crippen LogP contribution < -0.4 is 15.1 Å². The predicted octanol–water partition coefficient (Wildman–Crippen LogP) is 3.35. The predicted molar refractivity (Wildman–Crippen MR) is 98.5 cm³/mol. The molecule has 25 heavy (non-hydrogen) atoms. The lowest BCUT2D eigenvalue weighted by Gasteiger charge is -2.17. The summed E-state index contributed by atoms with van der Waals surface area (Å²) in [6, 6.07) is 14.6. The second-order valence-electron chi connectivity index (χ2n) is 5.83. The number of nitrogens with zero attached hydrogens (tertiary/aromatic N) is 2. The molecule has 6 nitrogen and oxygen atoms in total. The van der Waals surface area contributed by atoms with Gasteiger partial charge in [-0.1, -0.05) is 6.07 Å². The molecule has 2 aromatic rings. The molecule has 2 aromatic carbocycles. The van der Waals surface area contributed by atoms with E-state index in [1.54, 1.807) is 35.2 Å². The van der Waals surface area contributed by atoms with Crippen molar-refractivity contribution < 1.29 is 14.3 Å². The summed E-state index contributed by atoms with van der Waals surface area (Å²) in [7, 11) is 2.00. The van der Waals surface area contributed by atoms with Gasteiger partial charge in [-0.15, -0.1) is 0 Å². The smallest absolute Gasteiger partial charge is 0.414 e. The van der Waals surface area contributed by atoms with Crippen LogP contribution in [0, 0.1) is 0 Å². The van der Waals surface area contributed by atoms with Crippen molar-refractivity contribution in [1.82, 2.24) is 0 Å². The molecular weight excluding hydrogens is 318 g/mol. The summed E-state index contributed by atoms with van der Waals surface area (Å²) >= 11 is 0. The molecule has 2 amide bonds. The minimum Gasteiger partial charge on any atom is -0.447 e. The summed E-state index contributed by atoms with van der Waals surface area (Å²) in [4.78, 5) is 27.7. The zero-order valence-electron chi connectivity index (χ0n) is 14.4. The van der Waals surface area contributed by atoms with Crippen molar-refractivity contribution in [2.45, 2.75) is 6.92 Å². The second-order valence-corrected chi connectivity index (χ2v) is 5.83. The van der Waals surface area contributed by atoms with E-state index < -0.39 is 0 Å². The van der Waals surface area contributed by atoms with Gasteiger partial charge in [0.2, 0.25) is 0 Å². The van der Waals surface area contributed by atoms with Gasteiger partial charge in [0.15, 0.2) is 0 Å². The van der Waals surface area contributed by atoms with Gasteiger partial charge in [-0.25, -0.2) is 4.79 Å². The van der Waals surface area contributed by atoms with E-state index in [9.17, 15) is 9.59 Å². The van der Waals surface area contributed by atoms with Gasteiger partial charge < -0.3 is 15.0 Å². The van der Waals surface area contributed by atoms with Crippen molar-refractivity contribution in [3.8, 4) is 0 Å². The Hall–Kier alpha value is -3.02. The van der Waals surface area contributed by atoms with Crippen LogP contribution in [0.1, 0.15) is 17.3 Å². The van der Waals surface area contributed by atoms with Gasteiger partial charge in [0.25, 0.3) is 5.91 Å². The first kappa shape index (κ1) is 16.8. The number of anilines is 3. The van der Waals surface area contributed by atoms with E-state index in [0.717, 1.165) is 12.2 Å². The SMILES string of the molecule is CCN(C)c1ccc(C(=O)Nc2cccc(N3CCOC3=O)c2)cc1. The highest BCUT2D eigenvalue weighted by atomic mass is 16.6. The first-order chi connectivity index (χ1) is 12.1. The first-order valence-corrected chi connectivity index (χ1v) is 8.25. The average Bonchev–Trinajstić information content (AvgIpc) is 3.07. The summed E-state index contributed by atoms with van der Waals surface area (Å²) in [6.45, 7) is 3.87. The number of hydrogen-bond acceptors (Lipinski definition) is 4. The molecule has 0 aromatic heterocycles. The van der Waals surface area contributed by atoms with E-state index in [0.29, 0.717) is 30.1 Å². The molecule has 0 unspecified atom stereocenters. The van der Waals surface area contributed by atoms with E-state index in [2.05, 4.69) is 17.1 Å². The van der Waals surface area contributed by atoms with E-state index in [4.69, 9.17) is 4.74 Å². The summed E-state index contributed by atoms with van der Waals surface area (Å²) < 4.78 is 4.95. The van der Waals surface area contributed by atoms with Crippen LogP contribution in [-0.2, 0) is 4.74 Å². The van der Waals surface area contributed by atoms with Crippen LogP contribution in [0.5, 0.6) is 0 Å². The van der Waals surface area contributed by atoms with Gasteiger partial charge in [0.05, 0.1) is 6.54 Å². The molecule has 0 saturated carbocycles. The Morgan fingerprint density at radius 1 is 1.24 bits per heavy atom. The Morgan fingerprint density at radius 3 is 2.64 bits per heavy atom. The Kier molecular flexibility index (Phi) is 4.88. The van der Waals surface area contributed by atoms with Gasteiger partial charge in [0.1, 0.15) is 6.61 Å². The zero-order chi connectivity index (χ0) is 17.8. The van der Waals surface area contributed by atoms with Crippen molar-refractivity contribution in [2.24, 2.45) is 0 Å². The van der Waals surface area contributed by atoms with Crippen LogP contribution in [0.25, 0.3) is 0 Å². The highest BCUT2D eigenvalue weighted by molar-refractivity contribution is 6.04. The molecule has 0 bridgehead atoms. The maximum atomic E-state index is 12.4. The van der Waals surface area contributed by atoms with Gasteiger partial charge in [-0.05, 0) is 49.4 Å². The molecule has 1 aliphatic heterocycles. The highest BCUT2D eigenvalue weighted by Gasteiger charge is 2.23. The molecule has 1 N–H and O–H groups in total. The number of benzene rings is 2. The fraction of sp³-hybridized carbons (Fsp3) is 0.263. The van der Waals surface area contributed by atoms with Gasteiger partial charge in [-0.3, -0.25) is 9.69 Å². The van der Waals surface area contributed by atoms with Crippen molar-refractivity contribution in [2.75, 3.05) is 41.9 Å². The molecule has 1 aliphatic rings. The summed E-state index contributed by atoms with van der Waals surface area (Å²) in [5.41, 5.74) is 2.99. The van der Waals surface area contributed by atoms with Crippen LogP contribution >= 0.6 is 0 Å². The maximum Gasteiger partial charge on any atom is 0.414 e. The Balaban J connectivity index is 1.71. The lowest BCUT2D eigenvalue weighted by Crippen LogP contribution is -2.23. The van der Waals surface area contributed by atoms with Crippen molar-refractivity contribution in [3.63, 3.8) is 0 Å². The fourth-order valence-corrected chi connectivity index (χ4v) is 2.63. The number of ether oxygens (including phenoxy) is 1. The van der Waals surface area contributed by atoms with Crippen molar-refractivity contribution >= 4 is 29.1 Å². The van der Waals surface area contributed by atoms with Gasteiger partial charge >= 0.3 is 6.09 Å². The number of carbonyl (C=O) groups is 2. The minimum absolute atomic E-state index is 0.188. The van der Waals surface area contributed by atoms with E-state index >= 15 is 0 Å². The molecule has 0 aliphatic carbocycles. The molecule has 3 rings (SSSR count). The molecule has 0 radical (unpaired) electrons. The lowest BCUT2D eigenvalue weighted by molar-refractivity contribution is 0.102. The van der Waals surface area contributed by atoms with Crippen LogP contribution in [0.15, 0.2) is 48.5 Å². The largest absolute Gasteiger partial charge is 0.447 e. The Bertz CT molecular complexity index is 774. The molecule has 0 spiro atoms. The number of amides is 2. The monoisotopic (exact) mass is 339 g/mol. The quantitative estimate of drug-likeness (QED) is 0.907. The van der Waals surface area contributed by atoms with Crippen LogP contribution in [0.2, 0.25) is 0 Å². The standard InChI is InChI=1S/C19H21N3O3/c1-3-21(2)16-9-7-14(8-10-16)18(23)20-15-5-4-6-17(13-15)22-11-12-25-19(22)24/h4-10,13H,3,11-12H2,1-2H3,(H,20,23). The summed E-state index contributed by atoms with van der Waals surface area (Å²) in [5, 5.41) is 2.87. The fourth-order valence-electron chi connectivity index (χ4n) is 2.63. The van der Waals surface area contributed by atoms with Crippen LogP contribution in [0.3, 0.4) is 0 Å². The van der Waals surface area contributed by atoms with Gasteiger partial charge in [-0.2, -0.15) is 0 Å².